The summed E-state index contributed by atoms with van der Waals surface area (Å²) in [6, 6.07) is 7.22. The quantitative estimate of drug-likeness (QED) is 0.324. The van der Waals surface area contributed by atoms with Crippen molar-refractivity contribution in [2.24, 2.45) is 5.84 Å². The highest BCUT2D eigenvalue weighted by Gasteiger charge is 2.16. The second-order valence-corrected chi connectivity index (χ2v) is 4.35. The molecule has 0 unspecified atom stereocenters. The Morgan fingerprint density at radius 3 is 2.67 bits per heavy atom. The van der Waals surface area contributed by atoms with Gasteiger partial charge in [0.15, 0.2) is 0 Å². The number of benzene rings is 1. The molecule has 128 valence electrons. The van der Waals surface area contributed by atoms with Crippen molar-refractivity contribution in [3.05, 3.63) is 47.9 Å². The summed E-state index contributed by atoms with van der Waals surface area (Å²) in [4.78, 5) is 14.8. The van der Waals surface area contributed by atoms with E-state index < -0.39 is 18.6 Å². The fraction of sp³-hybridized carbons (Fsp3) is 0.143. The molecule has 1 aromatic heterocycles. The van der Waals surface area contributed by atoms with Gasteiger partial charge in [0, 0.05) is 6.07 Å². The van der Waals surface area contributed by atoms with Gasteiger partial charge in [0.1, 0.15) is 12.4 Å². The first-order valence-electron chi connectivity index (χ1n) is 6.59. The lowest BCUT2D eigenvalue weighted by molar-refractivity contribution is -0.0508. The molecule has 24 heavy (non-hydrogen) atoms. The van der Waals surface area contributed by atoms with Crippen molar-refractivity contribution in [1.29, 1.82) is 0 Å². The summed E-state index contributed by atoms with van der Waals surface area (Å²) >= 11 is 0. The molecule has 2 rings (SSSR count). The zero-order valence-electron chi connectivity index (χ0n) is 12.1. The predicted molar refractivity (Wildman–Crippen MR) is 77.9 cm³/mol. The zero-order valence-corrected chi connectivity index (χ0v) is 12.1. The number of hydrogen-bond acceptors (Lipinski definition) is 5. The van der Waals surface area contributed by atoms with E-state index in [2.05, 4.69) is 15.0 Å². The summed E-state index contributed by atoms with van der Waals surface area (Å²) in [5, 5.41) is 2.35. The van der Waals surface area contributed by atoms with Crippen LogP contribution in [0.2, 0.25) is 0 Å². The summed E-state index contributed by atoms with van der Waals surface area (Å²) in [6.07, 6.45) is 0. The third kappa shape index (κ3) is 4.74. The van der Waals surface area contributed by atoms with E-state index in [0.717, 1.165) is 6.07 Å². The van der Waals surface area contributed by atoms with Gasteiger partial charge >= 0.3 is 12.6 Å². The van der Waals surface area contributed by atoms with Crippen LogP contribution < -0.4 is 26.1 Å². The van der Waals surface area contributed by atoms with Crippen LogP contribution in [0.4, 0.5) is 23.7 Å². The minimum absolute atomic E-state index is 0.0592. The SMILES string of the molecule is NNC(=O)Nc1cccc(OC(F)F)c1COc1cccc(F)n1. The molecular weight excluding hydrogens is 329 g/mol. The number of anilines is 1. The number of rotatable bonds is 6. The predicted octanol–water partition coefficient (Wildman–Crippen LogP) is 2.40. The van der Waals surface area contributed by atoms with Gasteiger partial charge in [-0.05, 0) is 18.2 Å². The van der Waals surface area contributed by atoms with Gasteiger partial charge < -0.3 is 14.8 Å². The van der Waals surface area contributed by atoms with E-state index in [9.17, 15) is 18.0 Å². The van der Waals surface area contributed by atoms with Crippen molar-refractivity contribution < 1.29 is 27.4 Å². The summed E-state index contributed by atoms with van der Waals surface area (Å²) in [6.45, 7) is -3.38. The van der Waals surface area contributed by atoms with E-state index >= 15 is 0 Å². The van der Waals surface area contributed by atoms with Crippen molar-refractivity contribution in [2.45, 2.75) is 13.2 Å². The number of alkyl halides is 2. The molecule has 4 N–H and O–H groups in total. The minimum Gasteiger partial charge on any atom is -0.472 e. The average Bonchev–Trinajstić information content (AvgIpc) is 2.53. The van der Waals surface area contributed by atoms with E-state index in [1.807, 2.05) is 5.43 Å². The first-order valence-corrected chi connectivity index (χ1v) is 6.59. The Labute approximate surface area is 134 Å². The molecule has 10 heteroatoms. The lowest BCUT2D eigenvalue weighted by Crippen LogP contribution is -2.34. The van der Waals surface area contributed by atoms with Crippen LogP contribution in [-0.4, -0.2) is 17.6 Å². The maximum absolute atomic E-state index is 13.0. The summed E-state index contributed by atoms with van der Waals surface area (Å²) in [5.41, 5.74) is 2.08. The van der Waals surface area contributed by atoms with Crippen LogP contribution in [0.15, 0.2) is 36.4 Å². The van der Waals surface area contributed by atoms with E-state index in [1.54, 1.807) is 0 Å². The molecule has 0 aliphatic heterocycles. The highest BCUT2D eigenvalue weighted by atomic mass is 19.3. The molecule has 0 aliphatic carbocycles. The van der Waals surface area contributed by atoms with Crippen LogP contribution in [0.1, 0.15) is 5.56 Å². The Balaban J connectivity index is 2.27. The number of ether oxygens (including phenoxy) is 2. The average molecular weight is 342 g/mol. The molecule has 0 atom stereocenters. The van der Waals surface area contributed by atoms with Crippen molar-refractivity contribution in [1.82, 2.24) is 10.4 Å². The summed E-state index contributed by atoms with van der Waals surface area (Å²) < 4.78 is 47.8. The Hall–Kier alpha value is -3.01. The number of nitrogens with two attached hydrogens (primary N) is 1. The van der Waals surface area contributed by atoms with Crippen LogP contribution in [0.25, 0.3) is 0 Å². The molecule has 0 spiro atoms. The monoisotopic (exact) mass is 342 g/mol. The van der Waals surface area contributed by atoms with Gasteiger partial charge in [-0.25, -0.2) is 10.6 Å². The maximum atomic E-state index is 13.0. The van der Waals surface area contributed by atoms with Crippen molar-refractivity contribution >= 4 is 11.7 Å². The number of nitrogens with one attached hydrogen (secondary N) is 2. The number of nitrogens with zero attached hydrogens (tertiary/aromatic N) is 1. The first kappa shape index (κ1) is 17.3. The van der Waals surface area contributed by atoms with Crippen molar-refractivity contribution in [3.63, 3.8) is 0 Å². The molecule has 0 aliphatic rings. The Bertz CT molecular complexity index is 715. The van der Waals surface area contributed by atoms with Crippen molar-refractivity contribution in [2.75, 3.05) is 5.32 Å². The van der Waals surface area contributed by atoms with Crippen LogP contribution >= 0.6 is 0 Å². The number of hydrazine groups is 1. The van der Waals surface area contributed by atoms with Gasteiger partial charge in [0.25, 0.3) is 0 Å². The number of carbonyl (C=O) groups is 1. The summed E-state index contributed by atoms with van der Waals surface area (Å²) in [7, 11) is 0. The maximum Gasteiger partial charge on any atom is 0.387 e. The molecule has 0 saturated carbocycles. The Morgan fingerprint density at radius 1 is 1.25 bits per heavy atom. The number of aromatic nitrogens is 1. The normalized spacial score (nSPS) is 10.4. The van der Waals surface area contributed by atoms with Gasteiger partial charge in [0.2, 0.25) is 11.8 Å². The molecule has 0 fully saturated rings. The minimum atomic E-state index is -3.07. The molecule has 1 heterocycles. The van der Waals surface area contributed by atoms with Gasteiger partial charge in [0.05, 0.1) is 11.3 Å². The van der Waals surface area contributed by atoms with Crippen LogP contribution in [0.3, 0.4) is 0 Å². The number of halogens is 3. The molecule has 0 radical (unpaired) electrons. The van der Waals surface area contributed by atoms with Crippen LogP contribution in [-0.2, 0) is 6.61 Å². The van der Waals surface area contributed by atoms with Crippen LogP contribution in [0.5, 0.6) is 11.6 Å². The second-order valence-electron chi connectivity index (χ2n) is 4.35. The van der Waals surface area contributed by atoms with Crippen molar-refractivity contribution in [3.8, 4) is 11.6 Å². The van der Waals surface area contributed by atoms with Gasteiger partial charge in [-0.2, -0.15) is 18.2 Å². The van der Waals surface area contributed by atoms with Gasteiger partial charge in [-0.3, -0.25) is 5.43 Å². The standard InChI is InChI=1S/C14H13F3N4O3/c15-11-5-2-6-12(20-11)23-7-8-9(19-14(22)21-18)3-1-4-10(8)24-13(16)17/h1-6,13H,7,18H2,(H2,19,21,22). The second kappa shape index (κ2) is 8.02. The number of hydrogen-bond donors (Lipinski definition) is 3. The Morgan fingerprint density at radius 2 is 2.00 bits per heavy atom. The molecule has 2 amide bonds. The summed E-state index contributed by atoms with van der Waals surface area (Å²) in [5.74, 6) is 3.94. The number of pyridine rings is 1. The number of urea groups is 1. The van der Waals surface area contributed by atoms with E-state index in [-0.39, 0.29) is 29.5 Å². The molecule has 0 saturated heterocycles. The van der Waals surface area contributed by atoms with Crippen LogP contribution in [0, 0.1) is 5.95 Å². The smallest absolute Gasteiger partial charge is 0.387 e. The van der Waals surface area contributed by atoms with Gasteiger partial charge in [-0.1, -0.05) is 12.1 Å². The molecule has 0 bridgehead atoms. The number of carbonyl (C=O) groups excluding carboxylic acids is 1. The topological polar surface area (TPSA) is 98.5 Å². The lowest BCUT2D eigenvalue weighted by atomic mass is 10.1. The number of amides is 2. The third-order valence-electron chi connectivity index (χ3n) is 2.78. The molecule has 1 aromatic carbocycles. The van der Waals surface area contributed by atoms with E-state index in [0.29, 0.717) is 0 Å². The zero-order chi connectivity index (χ0) is 17.5. The van der Waals surface area contributed by atoms with Gasteiger partial charge in [-0.15, -0.1) is 0 Å². The highest BCUT2D eigenvalue weighted by molar-refractivity contribution is 5.90. The van der Waals surface area contributed by atoms with E-state index in [4.69, 9.17) is 10.6 Å². The largest absolute Gasteiger partial charge is 0.472 e. The first-order chi connectivity index (χ1) is 11.5. The lowest BCUT2D eigenvalue weighted by Gasteiger charge is -2.16. The third-order valence-corrected chi connectivity index (χ3v) is 2.78. The fourth-order valence-electron chi connectivity index (χ4n) is 1.81. The fourth-order valence-corrected chi connectivity index (χ4v) is 1.81. The molecular formula is C14H13F3N4O3. The highest BCUT2D eigenvalue weighted by Crippen LogP contribution is 2.29. The Kier molecular flexibility index (Phi) is 5.79. The molecule has 2 aromatic rings. The van der Waals surface area contributed by atoms with E-state index in [1.165, 1.54) is 30.3 Å². The molecule has 7 nitrogen and oxygen atoms in total.